The van der Waals surface area contributed by atoms with Crippen LogP contribution >= 0.6 is 11.3 Å². The van der Waals surface area contributed by atoms with Crippen molar-refractivity contribution in [3.05, 3.63) is 75.5 Å². The van der Waals surface area contributed by atoms with Gasteiger partial charge in [-0.15, -0.1) is 11.3 Å². The zero-order valence-electron chi connectivity index (χ0n) is 15.2. The molecule has 29 heavy (non-hydrogen) atoms. The van der Waals surface area contributed by atoms with E-state index in [0.29, 0.717) is 27.7 Å². The van der Waals surface area contributed by atoms with Crippen LogP contribution in [-0.2, 0) is 6.42 Å². The number of carbonyl (C=O) groups excluding carboxylic acids is 1. The third-order valence-electron chi connectivity index (χ3n) is 3.81. The quantitative estimate of drug-likeness (QED) is 0.541. The van der Waals surface area contributed by atoms with Gasteiger partial charge in [-0.3, -0.25) is 4.79 Å². The lowest BCUT2D eigenvalue weighted by molar-refractivity contribution is -0.153. The third-order valence-corrected chi connectivity index (χ3v) is 4.97. The zero-order valence-corrected chi connectivity index (χ0v) is 16.0. The smallest absolute Gasteiger partial charge is 0.422 e. The number of carbonyl (C=O) groups is 1. The molecule has 9 heteroatoms. The van der Waals surface area contributed by atoms with Crippen molar-refractivity contribution in [1.29, 1.82) is 0 Å². The van der Waals surface area contributed by atoms with Crippen LogP contribution < -0.4 is 10.1 Å². The van der Waals surface area contributed by atoms with Crippen molar-refractivity contribution in [1.82, 2.24) is 4.98 Å². The van der Waals surface area contributed by atoms with Gasteiger partial charge in [-0.2, -0.15) is 13.2 Å². The highest BCUT2D eigenvalue weighted by Crippen LogP contribution is 2.25. The summed E-state index contributed by atoms with van der Waals surface area (Å²) >= 11 is 1.21. The van der Waals surface area contributed by atoms with Gasteiger partial charge in [0.05, 0.1) is 10.7 Å². The normalized spacial score (nSPS) is 11.3. The fourth-order valence-electron chi connectivity index (χ4n) is 2.53. The van der Waals surface area contributed by atoms with E-state index in [0.717, 1.165) is 5.56 Å². The van der Waals surface area contributed by atoms with Crippen molar-refractivity contribution in [3.63, 3.8) is 0 Å². The lowest BCUT2D eigenvalue weighted by Crippen LogP contribution is -2.19. The molecule has 4 nitrogen and oxygen atoms in total. The van der Waals surface area contributed by atoms with Gasteiger partial charge < -0.3 is 10.1 Å². The predicted molar refractivity (Wildman–Crippen MR) is 102 cm³/mol. The largest absolute Gasteiger partial charge is 0.484 e. The molecule has 0 aliphatic heterocycles. The van der Waals surface area contributed by atoms with E-state index in [-0.39, 0.29) is 11.6 Å². The Balaban J connectivity index is 1.68. The SMILES string of the molecule is Cc1nc(Cc2ccc(F)cc2)sc1C(=O)Nc1cccc(OCC(F)(F)F)c1. The van der Waals surface area contributed by atoms with E-state index >= 15 is 0 Å². The maximum atomic E-state index is 13.0. The maximum absolute atomic E-state index is 13.0. The summed E-state index contributed by atoms with van der Waals surface area (Å²) in [6, 6.07) is 11.7. The second-order valence-corrected chi connectivity index (χ2v) is 7.29. The monoisotopic (exact) mass is 424 g/mol. The van der Waals surface area contributed by atoms with E-state index in [1.807, 2.05) is 0 Å². The molecule has 3 rings (SSSR count). The molecule has 152 valence electrons. The van der Waals surface area contributed by atoms with Crippen LogP contribution in [-0.4, -0.2) is 23.7 Å². The summed E-state index contributed by atoms with van der Waals surface area (Å²) in [5.41, 5.74) is 1.71. The number of nitrogens with one attached hydrogen (secondary N) is 1. The molecule has 0 spiro atoms. The van der Waals surface area contributed by atoms with Crippen molar-refractivity contribution in [2.45, 2.75) is 19.5 Å². The Morgan fingerprint density at radius 1 is 1.17 bits per heavy atom. The summed E-state index contributed by atoms with van der Waals surface area (Å²) < 4.78 is 54.5. The number of halogens is 4. The molecule has 1 aromatic heterocycles. The summed E-state index contributed by atoms with van der Waals surface area (Å²) in [4.78, 5) is 17.3. The van der Waals surface area contributed by atoms with Gasteiger partial charge >= 0.3 is 6.18 Å². The van der Waals surface area contributed by atoms with Gasteiger partial charge in [-0.05, 0) is 36.8 Å². The lowest BCUT2D eigenvalue weighted by atomic mass is 10.1. The van der Waals surface area contributed by atoms with Gasteiger partial charge in [0, 0.05) is 18.2 Å². The first kappa shape index (κ1) is 20.8. The Kier molecular flexibility index (Phi) is 6.17. The van der Waals surface area contributed by atoms with Gasteiger partial charge in [0.2, 0.25) is 0 Å². The summed E-state index contributed by atoms with van der Waals surface area (Å²) in [7, 11) is 0. The van der Waals surface area contributed by atoms with Gasteiger partial charge in [-0.25, -0.2) is 9.37 Å². The number of ether oxygens (including phenoxy) is 1. The highest BCUT2D eigenvalue weighted by Gasteiger charge is 2.28. The molecule has 0 aliphatic carbocycles. The predicted octanol–water partition coefficient (Wildman–Crippen LogP) is 5.37. The Bertz CT molecular complexity index is 1000. The fraction of sp³-hybridized carbons (Fsp3) is 0.200. The number of amides is 1. The molecule has 0 saturated carbocycles. The highest BCUT2D eigenvalue weighted by atomic mass is 32.1. The molecule has 2 aromatic carbocycles. The number of hydrogen-bond donors (Lipinski definition) is 1. The number of thiazole rings is 1. The molecule has 0 fully saturated rings. The molecule has 0 bridgehead atoms. The van der Waals surface area contributed by atoms with Crippen LogP contribution in [0.15, 0.2) is 48.5 Å². The van der Waals surface area contributed by atoms with E-state index in [1.165, 1.54) is 41.7 Å². The fourth-order valence-corrected chi connectivity index (χ4v) is 3.53. The first-order valence-corrected chi connectivity index (χ1v) is 9.33. The Hall–Kier alpha value is -2.94. The second-order valence-electron chi connectivity index (χ2n) is 6.21. The van der Waals surface area contributed by atoms with Crippen molar-refractivity contribution < 1.29 is 27.1 Å². The van der Waals surface area contributed by atoms with Gasteiger partial charge in [-0.1, -0.05) is 18.2 Å². The first-order chi connectivity index (χ1) is 13.7. The highest BCUT2D eigenvalue weighted by molar-refractivity contribution is 7.14. The van der Waals surface area contributed by atoms with Crippen LogP contribution in [0.25, 0.3) is 0 Å². The van der Waals surface area contributed by atoms with Gasteiger partial charge in [0.1, 0.15) is 16.4 Å². The van der Waals surface area contributed by atoms with Gasteiger partial charge in [0.25, 0.3) is 5.91 Å². The van der Waals surface area contributed by atoms with Crippen molar-refractivity contribution in [3.8, 4) is 5.75 Å². The topological polar surface area (TPSA) is 51.2 Å². The maximum Gasteiger partial charge on any atom is 0.422 e. The van der Waals surface area contributed by atoms with Gasteiger partial charge in [0.15, 0.2) is 6.61 Å². The molecule has 1 amide bonds. The number of anilines is 1. The first-order valence-electron chi connectivity index (χ1n) is 8.51. The molecule has 0 atom stereocenters. The average molecular weight is 424 g/mol. The number of alkyl halides is 3. The number of benzene rings is 2. The number of aryl methyl sites for hydroxylation is 1. The molecule has 1 N–H and O–H groups in total. The molecular weight excluding hydrogens is 408 g/mol. The molecule has 3 aromatic rings. The van der Waals surface area contributed by atoms with E-state index in [2.05, 4.69) is 15.0 Å². The van der Waals surface area contributed by atoms with E-state index in [1.54, 1.807) is 25.1 Å². The molecule has 0 radical (unpaired) electrons. The summed E-state index contributed by atoms with van der Waals surface area (Å²) in [5, 5.41) is 3.34. The minimum atomic E-state index is -4.44. The minimum Gasteiger partial charge on any atom is -0.484 e. The molecular formula is C20H16F4N2O2S. The standard InChI is InChI=1S/C20H16F4N2O2S/c1-12-18(29-17(25-12)9-13-5-7-14(21)8-6-13)19(27)26-15-3-2-4-16(10-15)28-11-20(22,23)24/h2-8,10H,9,11H2,1H3,(H,26,27). The third kappa shape index (κ3) is 6.02. The summed E-state index contributed by atoms with van der Waals surface area (Å²) in [6.07, 6.45) is -3.99. The Morgan fingerprint density at radius 2 is 1.90 bits per heavy atom. The van der Waals surface area contributed by atoms with Crippen LogP contribution in [0.2, 0.25) is 0 Å². The lowest BCUT2D eigenvalue weighted by Gasteiger charge is -2.10. The minimum absolute atomic E-state index is 0.00171. The molecule has 1 heterocycles. The number of rotatable bonds is 6. The Labute approximate surface area is 168 Å². The van der Waals surface area contributed by atoms with Crippen LogP contribution in [0.4, 0.5) is 23.2 Å². The second kappa shape index (κ2) is 8.60. The zero-order chi connectivity index (χ0) is 21.0. The van der Waals surface area contributed by atoms with E-state index in [4.69, 9.17) is 0 Å². The molecule has 0 saturated heterocycles. The Morgan fingerprint density at radius 3 is 2.59 bits per heavy atom. The van der Waals surface area contributed by atoms with Crippen LogP contribution in [0.1, 0.15) is 25.9 Å². The van der Waals surface area contributed by atoms with Crippen molar-refractivity contribution in [2.75, 3.05) is 11.9 Å². The number of aromatic nitrogens is 1. The van der Waals surface area contributed by atoms with Crippen LogP contribution in [0, 0.1) is 12.7 Å². The van der Waals surface area contributed by atoms with E-state index in [9.17, 15) is 22.4 Å². The number of hydrogen-bond acceptors (Lipinski definition) is 4. The molecule has 0 aliphatic rings. The summed E-state index contributed by atoms with van der Waals surface area (Å²) in [6.45, 7) is 0.285. The summed E-state index contributed by atoms with van der Waals surface area (Å²) in [5.74, 6) is -0.748. The number of nitrogens with zero attached hydrogens (tertiary/aromatic N) is 1. The van der Waals surface area contributed by atoms with Crippen LogP contribution in [0.5, 0.6) is 5.75 Å². The van der Waals surface area contributed by atoms with Crippen molar-refractivity contribution in [2.24, 2.45) is 0 Å². The van der Waals surface area contributed by atoms with Crippen molar-refractivity contribution >= 4 is 22.9 Å². The average Bonchev–Trinajstić information content (AvgIpc) is 3.02. The molecule has 0 unspecified atom stereocenters. The van der Waals surface area contributed by atoms with Crippen LogP contribution in [0.3, 0.4) is 0 Å². The van der Waals surface area contributed by atoms with E-state index < -0.39 is 18.7 Å².